The number of anilines is 1. The number of ether oxygens (including phenoxy) is 1. The lowest BCUT2D eigenvalue weighted by molar-refractivity contribution is 0.414. The smallest absolute Gasteiger partial charge is 0.216 e. The summed E-state index contributed by atoms with van der Waals surface area (Å²) < 4.78 is 31.7. The van der Waals surface area contributed by atoms with Crippen LogP contribution in [0.2, 0.25) is 0 Å². The van der Waals surface area contributed by atoms with Crippen molar-refractivity contribution in [2.75, 3.05) is 12.8 Å². The molecule has 0 atom stereocenters. The van der Waals surface area contributed by atoms with Crippen LogP contribution in [0.1, 0.15) is 11.1 Å². The van der Waals surface area contributed by atoms with Crippen molar-refractivity contribution in [3.8, 4) is 5.75 Å². The number of hydrogen-bond donors (Lipinski definition) is 2. The molecule has 3 N–H and O–H groups in total. The Bertz CT molecular complexity index is 697. The third-order valence-corrected chi connectivity index (χ3v) is 4.33. The van der Waals surface area contributed by atoms with Gasteiger partial charge in [-0.2, -0.15) is 0 Å². The van der Waals surface area contributed by atoms with Crippen LogP contribution in [0.15, 0.2) is 48.5 Å². The Morgan fingerprint density at radius 2 is 1.76 bits per heavy atom. The fourth-order valence-electron chi connectivity index (χ4n) is 1.86. The monoisotopic (exact) mass is 306 g/mol. The fraction of sp³-hybridized carbons (Fsp3) is 0.200. The van der Waals surface area contributed by atoms with Gasteiger partial charge in [0.05, 0.1) is 12.9 Å². The summed E-state index contributed by atoms with van der Waals surface area (Å²) in [7, 11) is -1.85. The van der Waals surface area contributed by atoms with Gasteiger partial charge in [0.25, 0.3) is 0 Å². The predicted octanol–water partition coefficient (Wildman–Crippen LogP) is 1.90. The van der Waals surface area contributed by atoms with E-state index in [1.54, 1.807) is 43.5 Å². The van der Waals surface area contributed by atoms with E-state index < -0.39 is 10.0 Å². The average Bonchev–Trinajstić information content (AvgIpc) is 2.48. The molecule has 0 heterocycles. The first-order chi connectivity index (χ1) is 10.00. The van der Waals surface area contributed by atoms with E-state index in [2.05, 4.69) is 4.72 Å². The summed E-state index contributed by atoms with van der Waals surface area (Å²) >= 11 is 0. The van der Waals surface area contributed by atoms with Crippen LogP contribution in [-0.2, 0) is 22.3 Å². The molecular formula is C15H18N2O3S. The molecule has 2 aromatic rings. The van der Waals surface area contributed by atoms with Crippen molar-refractivity contribution < 1.29 is 13.2 Å². The first kappa shape index (κ1) is 15.3. The van der Waals surface area contributed by atoms with E-state index in [4.69, 9.17) is 10.5 Å². The van der Waals surface area contributed by atoms with Crippen LogP contribution < -0.4 is 15.2 Å². The molecule has 2 rings (SSSR count). The highest BCUT2D eigenvalue weighted by Crippen LogP contribution is 2.14. The molecule has 0 aliphatic heterocycles. The largest absolute Gasteiger partial charge is 0.497 e. The Kier molecular flexibility index (Phi) is 4.82. The van der Waals surface area contributed by atoms with Crippen molar-refractivity contribution >= 4 is 15.7 Å². The molecule has 5 nitrogen and oxygen atoms in total. The molecule has 0 unspecified atom stereocenters. The number of para-hydroxylation sites is 1. The fourth-order valence-corrected chi connectivity index (χ4v) is 3.02. The highest BCUT2D eigenvalue weighted by Gasteiger charge is 2.13. The molecule has 0 saturated heterocycles. The number of nitrogen functional groups attached to an aromatic ring is 1. The van der Waals surface area contributed by atoms with Gasteiger partial charge >= 0.3 is 0 Å². The summed E-state index contributed by atoms with van der Waals surface area (Å²) in [6.45, 7) is 0.235. The molecular weight excluding hydrogens is 288 g/mol. The molecule has 0 saturated carbocycles. The molecule has 112 valence electrons. The highest BCUT2D eigenvalue weighted by atomic mass is 32.2. The van der Waals surface area contributed by atoms with Crippen molar-refractivity contribution in [3.05, 3.63) is 59.7 Å². The van der Waals surface area contributed by atoms with Crippen molar-refractivity contribution in [3.63, 3.8) is 0 Å². The summed E-state index contributed by atoms with van der Waals surface area (Å²) in [4.78, 5) is 0. The van der Waals surface area contributed by atoms with Crippen LogP contribution in [0.25, 0.3) is 0 Å². The number of benzene rings is 2. The van der Waals surface area contributed by atoms with Crippen LogP contribution in [0, 0.1) is 0 Å². The normalized spacial score (nSPS) is 11.3. The van der Waals surface area contributed by atoms with Crippen LogP contribution in [-0.4, -0.2) is 15.5 Å². The topological polar surface area (TPSA) is 81.4 Å². The van der Waals surface area contributed by atoms with E-state index in [1.807, 2.05) is 12.1 Å². The molecule has 2 aromatic carbocycles. The summed E-state index contributed by atoms with van der Waals surface area (Å²) in [5.74, 6) is 0.606. The van der Waals surface area contributed by atoms with Gasteiger partial charge in [0.2, 0.25) is 10.0 Å². The Labute approximate surface area is 124 Å². The zero-order chi connectivity index (χ0) is 15.3. The standard InChI is InChI=1S/C15H18N2O3S/c1-20-14-8-6-12(7-9-14)10-17-21(18,19)11-13-4-2-3-5-15(13)16/h2-9,17H,10-11,16H2,1H3. The van der Waals surface area contributed by atoms with Gasteiger partial charge in [-0.15, -0.1) is 0 Å². The van der Waals surface area contributed by atoms with Crippen LogP contribution in [0.3, 0.4) is 0 Å². The summed E-state index contributed by atoms with van der Waals surface area (Å²) in [6.07, 6.45) is 0. The van der Waals surface area contributed by atoms with Gasteiger partial charge in [-0.3, -0.25) is 0 Å². The van der Waals surface area contributed by atoms with E-state index in [-0.39, 0.29) is 12.3 Å². The van der Waals surface area contributed by atoms with Gasteiger partial charge in [-0.25, -0.2) is 13.1 Å². The summed E-state index contributed by atoms with van der Waals surface area (Å²) in [5, 5.41) is 0. The molecule has 0 bridgehead atoms. The van der Waals surface area contributed by atoms with Crippen LogP contribution in [0.4, 0.5) is 5.69 Å². The van der Waals surface area contributed by atoms with Gasteiger partial charge in [0, 0.05) is 12.2 Å². The van der Waals surface area contributed by atoms with E-state index in [1.165, 1.54) is 0 Å². The highest BCUT2D eigenvalue weighted by molar-refractivity contribution is 7.88. The minimum absolute atomic E-state index is 0.129. The minimum Gasteiger partial charge on any atom is -0.497 e. The molecule has 0 aliphatic rings. The zero-order valence-corrected chi connectivity index (χ0v) is 12.6. The van der Waals surface area contributed by atoms with Gasteiger partial charge in [0.1, 0.15) is 5.75 Å². The summed E-state index contributed by atoms with van der Waals surface area (Å²) in [5.41, 5.74) is 7.70. The Morgan fingerprint density at radius 3 is 2.38 bits per heavy atom. The van der Waals surface area contributed by atoms with Gasteiger partial charge in [-0.05, 0) is 29.3 Å². The van der Waals surface area contributed by atoms with Crippen LogP contribution in [0.5, 0.6) is 5.75 Å². The molecule has 0 amide bonds. The quantitative estimate of drug-likeness (QED) is 0.799. The van der Waals surface area contributed by atoms with E-state index in [0.717, 1.165) is 11.3 Å². The molecule has 0 radical (unpaired) electrons. The molecule has 0 aliphatic carbocycles. The number of sulfonamides is 1. The molecule has 0 fully saturated rings. The van der Waals surface area contributed by atoms with Gasteiger partial charge in [0.15, 0.2) is 0 Å². The Balaban J connectivity index is 1.99. The lowest BCUT2D eigenvalue weighted by Crippen LogP contribution is -2.25. The van der Waals surface area contributed by atoms with Crippen molar-refractivity contribution in [2.45, 2.75) is 12.3 Å². The second-order valence-electron chi connectivity index (χ2n) is 4.63. The number of hydrogen-bond acceptors (Lipinski definition) is 4. The number of nitrogens with two attached hydrogens (primary N) is 1. The first-order valence-corrected chi connectivity index (χ1v) is 8.09. The molecule has 6 heteroatoms. The molecule has 0 aromatic heterocycles. The third-order valence-electron chi connectivity index (χ3n) is 3.06. The Morgan fingerprint density at radius 1 is 1.10 bits per heavy atom. The predicted molar refractivity (Wildman–Crippen MR) is 83.3 cm³/mol. The second-order valence-corrected chi connectivity index (χ2v) is 6.43. The SMILES string of the molecule is COc1ccc(CNS(=O)(=O)Cc2ccccc2N)cc1. The third kappa shape index (κ3) is 4.47. The van der Waals surface area contributed by atoms with E-state index in [0.29, 0.717) is 11.3 Å². The number of nitrogens with one attached hydrogen (secondary N) is 1. The van der Waals surface area contributed by atoms with E-state index >= 15 is 0 Å². The zero-order valence-electron chi connectivity index (χ0n) is 11.7. The van der Waals surface area contributed by atoms with E-state index in [9.17, 15) is 8.42 Å². The Hall–Kier alpha value is -2.05. The molecule has 0 spiro atoms. The minimum atomic E-state index is -3.43. The lowest BCUT2D eigenvalue weighted by Gasteiger charge is -2.09. The maximum absolute atomic E-state index is 12.1. The maximum Gasteiger partial charge on any atom is 0.216 e. The second kappa shape index (κ2) is 6.60. The number of rotatable bonds is 6. The van der Waals surface area contributed by atoms with Crippen molar-refractivity contribution in [1.29, 1.82) is 0 Å². The average molecular weight is 306 g/mol. The van der Waals surface area contributed by atoms with Gasteiger partial charge in [-0.1, -0.05) is 30.3 Å². The summed E-state index contributed by atoms with van der Waals surface area (Å²) in [6, 6.07) is 14.2. The van der Waals surface area contributed by atoms with Crippen molar-refractivity contribution in [2.24, 2.45) is 0 Å². The number of methoxy groups -OCH3 is 1. The lowest BCUT2D eigenvalue weighted by atomic mass is 10.2. The molecule has 21 heavy (non-hydrogen) atoms. The van der Waals surface area contributed by atoms with Crippen LogP contribution >= 0.6 is 0 Å². The van der Waals surface area contributed by atoms with Crippen molar-refractivity contribution in [1.82, 2.24) is 4.72 Å². The maximum atomic E-state index is 12.1. The van der Waals surface area contributed by atoms with Gasteiger partial charge < -0.3 is 10.5 Å². The first-order valence-electron chi connectivity index (χ1n) is 6.44.